The van der Waals surface area contributed by atoms with Gasteiger partial charge >= 0.3 is 0 Å². The van der Waals surface area contributed by atoms with Crippen molar-refractivity contribution >= 4 is 22.2 Å². The first-order chi connectivity index (χ1) is 11.5. The third kappa shape index (κ3) is 3.05. The van der Waals surface area contributed by atoms with Gasteiger partial charge in [0.15, 0.2) is 4.96 Å². The molecule has 0 saturated heterocycles. The van der Waals surface area contributed by atoms with Crippen LogP contribution in [0.15, 0.2) is 34.4 Å². The number of aryl methyl sites for hydroxylation is 1. The summed E-state index contributed by atoms with van der Waals surface area (Å²) in [5, 5.41) is 4.24. The maximum absolute atomic E-state index is 13.5. The Kier molecular flexibility index (Phi) is 4.39. The molecule has 0 atom stereocenters. The van der Waals surface area contributed by atoms with Gasteiger partial charge in [-0.1, -0.05) is 6.07 Å². The Morgan fingerprint density at radius 1 is 1.33 bits per heavy atom. The molecule has 2 heterocycles. The van der Waals surface area contributed by atoms with Gasteiger partial charge in [0.2, 0.25) is 0 Å². The number of carbonyl (C=O) groups excluding carboxylic acids is 1. The first-order valence-electron chi connectivity index (χ1n) is 7.16. The van der Waals surface area contributed by atoms with Crippen LogP contribution in [0.25, 0.3) is 4.96 Å². The monoisotopic (exact) mass is 349 g/mol. The Labute approximate surface area is 139 Å². The van der Waals surface area contributed by atoms with Crippen LogP contribution in [0.1, 0.15) is 21.7 Å². The Morgan fingerprint density at radius 2 is 2.04 bits per heavy atom. The average molecular weight is 349 g/mol. The van der Waals surface area contributed by atoms with Crippen molar-refractivity contribution < 1.29 is 13.6 Å². The third-order valence-corrected chi connectivity index (χ3v) is 4.33. The number of hydrogen-bond donors (Lipinski definition) is 1. The fourth-order valence-electron chi connectivity index (χ4n) is 2.37. The smallest absolute Gasteiger partial charge is 0.258 e. The molecular weight excluding hydrogens is 336 g/mol. The van der Waals surface area contributed by atoms with Crippen LogP contribution in [0.4, 0.5) is 8.78 Å². The first-order valence-corrected chi connectivity index (χ1v) is 8.04. The van der Waals surface area contributed by atoms with Crippen molar-refractivity contribution in [3.63, 3.8) is 0 Å². The topological polar surface area (TPSA) is 63.5 Å². The zero-order valence-corrected chi connectivity index (χ0v) is 13.5. The van der Waals surface area contributed by atoms with Crippen molar-refractivity contribution in [1.82, 2.24) is 14.7 Å². The second kappa shape index (κ2) is 6.48. The lowest BCUT2D eigenvalue weighted by molar-refractivity contribution is 0.0945. The minimum absolute atomic E-state index is 0.138. The number of aromatic nitrogens is 2. The Balaban J connectivity index is 1.73. The summed E-state index contributed by atoms with van der Waals surface area (Å²) in [5.41, 5.74) is 0.515. The number of fused-ring (bicyclic) bond motifs is 1. The Morgan fingerprint density at radius 3 is 2.75 bits per heavy atom. The number of amides is 1. The number of hydrogen-bond acceptors (Lipinski definition) is 4. The molecule has 1 N–H and O–H groups in total. The predicted molar refractivity (Wildman–Crippen MR) is 86.5 cm³/mol. The molecule has 8 heteroatoms. The molecule has 1 amide bonds. The molecule has 2 aromatic heterocycles. The quantitative estimate of drug-likeness (QED) is 0.786. The fraction of sp³-hybridized carbons (Fsp3) is 0.188. The van der Waals surface area contributed by atoms with Crippen LogP contribution in [-0.2, 0) is 6.42 Å². The predicted octanol–water partition coefficient (Wildman–Crippen LogP) is 2.32. The van der Waals surface area contributed by atoms with Crippen molar-refractivity contribution in [1.29, 1.82) is 0 Å². The van der Waals surface area contributed by atoms with Gasteiger partial charge in [-0.25, -0.2) is 13.8 Å². The molecule has 0 saturated carbocycles. The summed E-state index contributed by atoms with van der Waals surface area (Å²) in [6.07, 6.45) is 0.340. The fourth-order valence-corrected chi connectivity index (χ4v) is 3.34. The third-order valence-electron chi connectivity index (χ3n) is 3.46. The van der Waals surface area contributed by atoms with Crippen molar-refractivity contribution in [2.45, 2.75) is 13.3 Å². The van der Waals surface area contributed by atoms with Crippen LogP contribution < -0.4 is 10.9 Å². The molecule has 0 fully saturated rings. The van der Waals surface area contributed by atoms with Gasteiger partial charge in [-0.15, -0.1) is 11.3 Å². The second-order valence-electron chi connectivity index (χ2n) is 5.18. The van der Waals surface area contributed by atoms with Gasteiger partial charge in [-0.3, -0.25) is 14.0 Å². The maximum atomic E-state index is 13.5. The number of carbonyl (C=O) groups is 1. The summed E-state index contributed by atoms with van der Waals surface area (Å²) in [6, 6.07) is 4.67. The number of thiazole rings is 1. The molecular formula is C16H13F2N3O2S. The normalized spacial score (nSPS) is 11.0. The van der Waals surface area contributed by atoms with Crippen LogP contribution in [-0.4, -0.2) is 21.8 Å². The molecule has 24 heavy (non-hydrogen) atoms. The summed E-state index contributed by atoms with van der Waals surface area (Å²) in [5.74, 6) is -2.65. The number of benzene rings is 1. The van der Waals surface area contributed by atoms with Crippen LogP contribution in [0.3, 0.4) is 0 Å². The Hall–Kier alpha value is -2.61. The van der Waals surface area contributed by atoms with E-state index < -0.39 is 23.1 Å². The highest BCUT2D eigenvalue weighted by Gasteiger charge is 2.16. The summed E-state index contributed by atoms with van der Waals surface area (Å²) in [4.78, 5) is 28.8. The zero-order valence-electron chi connectivity index (χ0n) is 12.7. The second-order valence-corrected chi connectivity index (χ2v) is 6.02. The van der Waals surface area contributed by atoms with Crippen LogP contribution >= 0.6 is 11.3 Å². The van der Waals surface area contributed by atoms with E-state index in [0.29, 0.717) is 22.8 Å². The summed E-state index contributed by atoms with van der Waals surface area (Å²) in [6.45, 7) is 1.88. The molecule has 0 aliphatic heterocycles. The molecule has 0 bridgehead atoms. The minimum atomic E-state index is -0.913. The molecule has 0 spiro atoms. The van der Waals surface area contributed by atoms with E-state index >= 15 is 0 Å². The lowest BCUT2D eigenvalue weighted by atomic mass is 10.2. The van der Waals surface area contributed by atoms with E-state index in [1.165, 1.54) is 27.9 Å². The van der Waals surface area contributed by atoms with E-state index in [-0.39, 0.29) is 12.1 Å². The highest BCUT2D eigenvalue weighted by Crippen LogP contribution is 2.14. The van der Waals surface area contributed by atoms with Crippen molar-refractivity contribution in [2.24, 2.45) is 0 Å². The minimum Gasteiger partial charge on any atom is -0.351 e. The highest BCUT2D eigenvalue weighted by atomic mass is 32.1. The Bertz CT molecular complexity index is 961. The van der Waals surface area contributed by atoms with Crippen molar-refractivity contribution in [3.8, 4) is 0 Å². The highest BCUT2D eigenvalue weighted by molar-refractivity contribution is 7.15. The van der Waals surface area contributed by atoms with Gasteiger partial charge < -0.3 is 5.32 Å². The van der Waals surface area contributed by atoms with Gasteiger partial charge in [0.1, 0.15) is 17.2 Å². The standard InChI is InChI=1S/C16H13F2N3O2S/c1-9-7-13(22)21-10(8-24-16(21)20-9)5-6-19-15(23)14-11(17)3-2-4-12(14)18/h2-4,7-8H,5-6H2,1H3,(H,19,23). The summed E-state index contributed by atoms with van der Waals surface area (Å²) in [7, 11) is 0. The summed E-state index contributed by atoms with van der Waals surface area (Å²) >= 11 is 1.32. The average Bonchev–Trinajstić information content (AvgIpc) is 2.90. The molecule has 0 aliphatic carbocycles. The lowest BCUT2D eigenvalue weighted by Crippen LogP contribution is -2.28. The van der Waals surface area contributed by atoms with E-state index in [1.807, 2.05) is 0 Å². The van der Waals surface area contributed by atoms with Gasteiger partial charge in [-0.2, -0.15) is 0 Å². The van der Waals surface area contributed by atoms with Crippen molar-refractivity contribution in [3.05, 3.63) is 68.6 Å². The molecule has 124 valence electrons. The zero-order chi connectivity index (χ0) is 17.3. The van der Waals surface area contributed by atoms with E-state index in [2.05, 4.69) is 10.3 Å². The molecule has 5 nitrogen and oxygen atoms in total. The first kappa shape index (κ1) is 16.3. The van der Waals surface area contributed by atoms with Crippen molar-refractivity contribution in [2.75, 3.05) is 6.54 Å². The van der Waals surface area contributed by atoms with E-state index in [4.69, 9.17) is 0 Å². The van der Waals surface area contributed by atoms with E-state index in [0.717, 1.165) is 12.1 Å². The number of nitrogens with one attached hydrogen (secondary N) is 1. The molecule has 3 aromatic rings. The largest absolute Gasteiger partial charge is 0.351 e. The van der Waals surface area contributed by atoms with Gasteiger partial charge in [-0.05, 0) is 19.1 Å². The number of rotatable bonds is 4. The molecule has 1 aromatic carbocycles. The van der Waals surface area contributed by atoms with Gasteiger partial charge in [0.05, 0.1) is 0 Å². The SMILES string of the molecule is Cc1cc(=O)n2c(CCNC(=O)c3c(F)cccc3F)csc2n1. The van der Waals surface area contributed by atoms with Crippen LogP contribution in [0.5, 0.6) is 0 Å². The molecule has 3 rings (SSSR count). The van der Waals surface area contributed by atoms with Crippen LogP contribution in [0.2, 0.25) is 0 Å². The van der Waals surface area contributed by atoms with Crippen LogP contribution in [0, 0.1) is 18.6 Å². The van der Waals surface area contributed by atoms with Gasteiger partial charge in [0, 0.05) is 35.8 Å². The molecule has 0 unspecified atom stereocenters. The van der Waals surface area contributed by atoms with E-state index in [9.17, 15) is 18.4 Å². The maximum Gasteiger partial charge on any atom is 0.258 e. The molecule has 0 radical (unpaired) electrons. The van der Waals surface area contributed by atoms with Gasteiger partial charge in [0.25, 0.3) is 11.5 Å². The number of nitrogens with zero attached hydrogens (tertiary/aromatic N) is 2. The van der Waals surface area contributed by atoms with E-state index in [1.54, 1.807) is 12.3 Å². The summed E-state index contributed by atoms with van der Waals surface area (Å²) < 4.78 is 28.6. The lowest BCUT2D eigenvalue weighted by Gasteiger charge is -2.07. The number of halogens is 2. The molecule has 0 aliphatic rings.